The van der Waals surface area contributed by atoms with Crippen LogP contribution in [0.1, 0.15) is 37.0 Å². The maximum absolute atomic E-state index is 13.0. The van der Waals surface area contributed by atoms with Gasteiger partial charge in [-0.1, -0.05) is 13.8 Å². The van der Waals surface area contributed by atoms with E-state index in [1.807, 2.05) is 0 Å². The monoisotopic (exact) mass is 448 g/mol. The van der Waals surface area contributed by atoms with E-state index in [0.717, 1.165) is 12.8 Å². The molecule has 1 saturated heterocycles. The molecule has 2 aromatic rings. The van der Waals surface area contributed by atoms with Crippen molar-refractivity contribution >= 4 is 15.9 Å². The normalized spacial score (nSPS) is 16.9. The lowest BCUT2D eigenvalue weighted by Gasteiger charge is -2.32. The van der Waals surface area contributed by atoms with Gasteiger partial charge in [-0.2, -0.15) is 4.31 Å². The van der Waals surface area contributed by atoms with Crippen LogP contribution in [0.5, 0.6) is 11.8 Å². The molecule has 0 saturated carbocycles. The van der Waals surface area contributed by atoms with Gasteiger partial charge >= 0.3 is 0 Å². The van der Waals surface area contributed by atoms with E-state index in [2.05, 4.69) is 10.2 Å². The molecule has 1 aliphatic rings. The third kappa shape index (κ3) is 5.31. The fourth-order valence-electron chi connectivity index (χ4n) is 3.53. The molecule has 0 spiro atoms. The van der Waals surface area contributed by atoms with E-state index in [1.54, 1.807) is 43.0 Å². The molecule has 1 unspecified atom stereocenters. The van der Waals surface area contributed by atoms with Crippen molar-refractivity contribution < 1.29 is 22.7 Å². The van der Waals surface area contributed by atoms with Gasteiger partial charge in [0.25, 0.3) is 5.91 Å². The molecule has 1 atom stereocenters. The Kier molecular flexibility index (Phi) is 7.45. The summed E-state index contributed by atoms with van der Waals surface area (Å²) in [5, 5.41) is 7.86. The van der Waals surface area contributed by atoms with Crippen LogP contribution in [0.2, 0.25) is 0 Å². The molecule has 168 valence electrons. The molecule has 0 aliphatic carbocycles. The second-order valence-corrected chi connectivity index (χ2v) is 9.10. The molecule has 3 rings (SSSR count). The molecular weight excluding hydrogens is 420 g/mol. The van der Waals surface area contributed by atoms with Crippen LogP contribution in [-0.2, 0) is 10.0 Å². The number of carbonyl (C=O) groups is 1. The lowest BCUT2D eigenvalue weighted by Crippen LogP contribution is -2.44. The number of aromatic nitrogens is 2. The molecule has 1 aliphatic heterocycles. The van der Waals surface area contributed by atoms with Crippen LogP contribution >= 0.6 is 0 Å². The van der Waals surface area contributed by atoms with Gasteiger partial charge in [0, 0.05) is 37.3 Å². The Hall–Kier alpha value is -2.72. The number of benzene rings is 1. The SMILES string of the molecule is CCN(CC)S(=O)(=O)c1ccc(C(=O)N2CCCC(Oc3ccc(OC)nn3)C2)cc1. The smallest absolute Gasteiger partial charge is 0.253 e. The summed E-state index contributed by atoms with van der Waals surface area (Å²) in [5.41, 5.74) is 0.448. The maximum atomic E-state index is 13.0. The highest BCUT2D eigenvalue weighted by molar-refractivity contribution is 7.89. The number of ether oxygens (including phenoxy) is 2. The van der Waals surface area contributed by atoms with Crippen molar-refractivity contribution in [1.82, 2.24) is 19.4 Å². The van der Waals surface area contributed by atoms with Crippen molar-refractivity contribution in [3.05, 3.63) is 42.0 Å². The second kappa shape index (κ2) is 10.1. The minimum atomic E-state index is -3.55. The van der Waals surface area contributed by atoms with Crippen LogP contribution in [0, 0.1) is 0 Å². The third-order valence-corrected chi connectivity index (χ3v) is 7.29. The van der Waals surface area contributed by atoms with Crippen molar-refractivity contribution in [1.29, 1.82) is 0 Å². The number of likely N-dealkylation sites (tertiary alicyclic amines) is 1. The average Bonchev–Trinajstić information content (AvgIpc) is 2.80. The first-order valence-electron chi connectivity index (χ1n) is 10.3. The summed E-state index contributed by atoms with van der Waals surface area (Å²) < 4.78 is 37.5. The highest BCUT2D eigenvalue weighted by Gasteiger charge is 2.27. The molecule has 31 heavy (non-hydrogen) atoms. The van der Waals surface area contributed by atoms with Gasteiger partial charge in [-0.15, -0.1) is 10.2 Å². The van der Waals surface area contributed by atoms with Gasteiger partial charge in [0.1, 0.15) is 6.10 Å². The van der Waals surface area contributed by atoms with E-state index < -0.39 is 10.0 Å². The Balaban J connectivity index is 1.66. The molecule has 2 heterocycles. The Morgan fingerprint density at radius 3 is 2.32 bits per heavy atom. The van der Waals surface area contributed by atoms with Crippen molar-refractivity contribution in [2.24, 2.45) is 0 Å². The van der Waals surface area contributed by atoms with Crippen LogP contribution in [-0.4, -0.2) is 73.1 Å². The van der Waals surface area contributed by atoms with E-state index in [9.17, 15) is 13.2 Å². The number of hydrogen-bond acceptors (Lipinski definition) is 7. The van der Waals surface area contributed by atoms with Gasteiger partial charge in [-0.05, 0) is 37.1 Å². The lowest BCUT2D eigenvalue weighted by atomic mass is 10.1. The number of carbonyl (C=O) groups excluding carboxylic acids is 1. The zero-order valence-electron chi connectivity index (χ0n) is 18.0. The zero-order valence-corrected chi connectivity index (χ0v) is 18.8. The fraction of sp³-hybridized carbons (Fsp3) is 0.476. The minimum Gasteiger partial charge on any atom is -0.480 e. The van der Waals surface area contributed by atoms with E-state index in [-0.39, 0.29) is 16.9 Å². The summed E-state index contributed by atoms with van der Waals surface area (Å²) in [6.45, 7) is 5.43. The first-order valence-corrected chi connectivity index (χ1v) is 11.8. The molecular formula is C21H28N4O5S. The summed E-state index contributed by atoms with van der Waals surface area (Å²) in [7, 11) is -2.04. The van der Waals surface area contributed by atoms with Crippen LogP contribution in [0.15, 0.2) is 41.3 Å². The topological polar surface area (TPSA) is 102 Å². The number of methoxy groups -OCH3 is 1. The number of sulfonamides is 1. The van der Waals surface area contributed by atoms with Gasteiger partial charge in [0.2, 0.25) is 21.8 Å². The number of hydrogen-bond donors (Lipinski definition) is 0. The summed E-state index contributed by atoms with van der Waals surface area (Å²) in [6.07, 6.45) is 1.41. The molecule has 1 fully saturated rings. The molecule has 10 heteroatoms. The Morgan fingerprint density at radius 2 is 1.74 bits per heavy atom. The summed E-state index contributed by atoms with van der Waals surface area (Å²) in [4.78, 5) is 14.9. The first-order chi connectivity index (χ1) is 14.9. The van der Waals surface area contributed by atoms with E-state index in [0.29, 0.717) is 43.5 Å². The number of rotatable bonds is 8. The molecule has 1 aromatic heterocycles. The van der Waals surface area contributed by atoms with Crippen molar-refractivity contribution in [3.63, 3.8) is 0 Å². The Labute approximate surface area is 183 Å². The Bertz CT molecular complexity index is 976. The largest absolute Gasteiger partial charge is 0.480 e. The summed E-state index contributed by atoms with van der Waals surface area (Å²) >= 11 is 0. The highest BCUT2D eigenvalue weighted by atomic mass is 32.2. The van der Waals surface area contributed by atoms with Gasteiger partial charge in [0.15, 0.2) is 0 Å². The Morgan fingerprint density at radius 1 is 1.10 bits per heavy atom. The zero-order chi connectivity index (χ0) is 22.4. The van der Waals surface area contributed by atoms with Crippen LogP contribution in [0.25, 0.3) is 0 Å². The second-order valence-electron chi connectivity index (χ2n) is 7.16. The molecule has 9 nitrogen and oxygen atoms in total. The fourth-order valence-corrected chi connectivity index (χ4v) is 4.99. The van der Waals surface area contributed by atoms with E-state index >= 15 is 0 Å². The number of amides is 1. The maximum Gasteiger partial charge on any atom is 0.253 e. The molecule has 0 bridgehead atoms. The summed E-state index contributed by atoms with van der Waals surface area (Å²) in [5.74, 6) is 0.631. The highest BCUT2D eigenvalue weighted by Crippen LogP contribution is 2.21. The summed E-state index contributed by atoms with van der Waals surface area (Å²) in [6, 6.07) is 9.47. The molecule has 1 aromatic carbocycles. The predicted molar refractivity (Wildman–Crippen MR) is 115 cm³/mol. The van der Waals surface area contributed by atoms with Gasteiger partial charge in [-0.25, -0.2) is 8.42 Å². The standard InChI is InChI=1S/C21H28N4O5S/c1-4-25(5-2)31(27,28)18-10-8-16(9-11-18)21(26)24-14-6-7-17(15-24)30-20-13-12-19(29-3)22-23-20/h8-13,17H,4-7,14-15H2,1-3H3. The first kappa shape index (κ1) is 23.0. The third-order valence-electron chi connectivity index (χ3n) is 5.22. The lowest BCUT2D eigenvalue weighted by molar-refractivity contribution is 0.0525. The van der Waals surface area contributed by atoms with Crippen LogP contribution in [0.3, 0.4) is 0 Å². The minimum absolute atomic E-state index is 0.152. The van der Waals surface area contributed by atoms with Crippen LogP contribution < -0.4 is 9.47 Å². The molecule has 1 amide bonds. The average molecular weight is 449 g/mol. The van der Waals surface area contributed by atoms with Gasteiger partial charge in [0.05, 0.1) is 18.6 Å². The van der Waals surface area contributed by atoms with Crippen molar-refractivity contribution in [3.8, 4) is 11.8 Å². The van der Waals surface area contributed by atoms with Gasteiger partial charge in [-0.3, -0.25) is 4.79 Å². The van der Waals surface area contributed by atoms with Crippen molar-refractivity contribution in [2.45, 2.75) is 37.7 Å². The predicted octanol–water partition coefficient (Wildman–Crippen LogP) is 2.20. The van der Waals surface area contributed by atoms with Gasteiger partial charge < -0.3 is 14.4 Å². The quantitative estimate of drug-likeness (QED) is 0.610. The van der Waals surface area contributed by atoms with Crippen LogP contribution in [0.4, 0.5) is 0 Å². The van der Waals surface area contributed by atoms with E-state index in [1.165, 1.54) is 23.5 Å². The molecule has 0 radical (unpaired) electrons. The van der Waals surface area contributed by atoms with Crippen molar-refractivity contribution in [2.75, 3.05) is 33.3 Å². The molecule has 0 N–H and O–H groups in total. The number of nitrogens with zero attached hydrogens (tertiary/aromatic N) is 4. The number of piperidine rings is 1. The van der Waals surface area contributed by atoms with E-state index in [4.69, 9.17) is 9.47 Å².